The third-order valence-electron chi connectivity index (χ3n) is 5.75. The van der Waals surface area contributed by atoms with Crippen LogP contribution in [-0.2, 0) is 17.4 Å². The van der Waals surface area contributed by atoms with Crippen molar-refractivity contribution in [2.45, 2.75) is 31.0 Å². The first-order valence-electron chi connectivity index (χ1n) is 8.43. The number of nitrogens with one attached hydrogen (secondary N) is 2. The minimum absolute atomic E-state index is 0.00618. The molecule has 2 aromatic rings. The second-order valence-corrected chi connectivity index (χ2v) is 7.11. The topological polar surface area (TPSA) is 48.1 Å². The van der Waals surface area contributed by atoms with Crippen LogP contribution < -0.4 is 5.32 Å². The molecule has 1 saturated heterocycles. The van der Waals surface area contributed by atoms with Gasteiger partial charge >= 0.3 is 6.18 Å². The lowest BCUT2D eigenvalue weighted by atomic mass is 9.72. The Labute approximate surface area is 143 Å². The summed E-state index contributed by atoms with van der Waals surface area (Å²) >= 11 is 0. The highest BCUT2D eigenvalue weighted by molar-refractivity contribution is 5.90. The van der Waals surface area contributed by atoms with Crippen LogP contribution in [-0.4, -0.2) is 42.5 Å². The molecule has 1 aromatic carbocycles. The van der Waals surface area contributed by atoms with Crippen LogP contribution in [0.5, 0.6) is 0 Å². The van der Waals surface area contributed by atoms with Gasteiger partial charge in [-0.1, -0.05) is 12.1 Å². The van der Waals surface area contributed by atoms with Crippen LogP contribution >= 0.6 is 0 Å². The van der Waals surface area contributed by atoms with Gasteiger partial charge in [-0.2, -0.15) is 13.2 Å². The molecule has 0 radical (unpaired) electrons. The third-order valence-corrected chi connectivity index (χ3v) is 5.75. The van der Waals surface area contributed by atoms with E-state index in [1.807, 2.05) is 18.0 Å². The molecule has 7 heteroatoms. The molecule has 2 N–H and O–H groups in total. The number of likely N-dealkylation sites (N-methyl/N-ethyl adjacent to an activating group) is 1. The summed E-state index contributed by atoms with van der Waals surface area (Å²) in [5, 5.41) is 3.39. The molecule has 0 saturated carbocycles. The fraction of sp³-hybridized carbons (Fsp3) is 0.500. The van der Waals surface area contributed by atoms with Gasteiger partial charge in [0.1, 0.15) is 5.69 Å². The standard InChI is InChI=1S/C18H20F3N3O/c1-22-17(25)9-6-11-10-4-3-5-13-15(10)12(7-14(11)24(2)8-9)16(23-13)18(19,20)21/h3-5,9,11,14,23H,6-8H2,1-2H3,(H,22,25)/t9?,11?,14-/m1/s1. The molecule has 2 unspecified atom stereocenters. The molecule has 1 aliphatic heterocycles. The highest BCUT2D eigenvalue weighted by atomic mass is 19.4. The molecule has 134 valence electrons. The van der Waals surface area contributed by atoms with Crippen molar-refractivity contribution >= 4 is 16.8 Å². The number of H-pyrrole nitrogens is 1. The molecule has 2 aliphatic rings. The summed E-state index contributed by atoms with van der Waals surface area (Å²) in [6.45, 7) is 0.567. The summed E-state index contributed by atoms with van der Waals surface area (Å²) in [4.78, 5) is 16.7. The van der Waals surface area contributed by atoms with Gasteiger partial charge in [-0.3, -0.25) is 4.79 Å². The summed E-state index contributed by atoms with van der Waals surface area (Å²) in [6.07, 6.45) is -3.37. The van der Waals surface area contributed by atoms with Crippen molar-refractivity contribution in [3.63, 3.8) is 0 Å². The Balaban J connectivity index is 1.86. The lowest BCUT2D eigenvalue weighted by Gasteiger charge is -2.45. The molecule has 0 spiro atoms. The van der Waals surface area contributed by atoms with Gasteiger partial charge in [0.15, 0.2) is 0 Å². The van der Waals surface area contributed by atoms with Crippen molar-refractivity contribution in [2.75, 3.05) is 20.6 Å². The Morgan fingerprint density at radius 3 is 2.80 bits per heavy atom. The second kappa shape index (κ2) is 5.49. The smallest absolute Gasteiger partial charge is 0.359 e. The van der Waals surface area contributed by atoms with Gasteiger partial charge in [0.05, 0.1) is 5.92 Å². The quantitative estimate of drug-likeness (QED) is 0.830. The van der Waals surface area contributed by atoms with Crippen molar-refractivity contribution < 1.29 is 18.0 Å². The number of fused-ring (bicyclic) bond motifs is 2. The van der Waals surface area contributed by atoms with Crippen LogP contribution in [0.25, 0.3) is 10.9 Å². The molecule has 1 fully saturated rings. The number of aromatic nitrogens is 1. The molecule has 1 aliphatic carbocycles. The van der Waals surface area contributed by atoms with Crippen molar-refractivity contribution in [3.05, 3.63) is 35.0 Å². The first-order valence-corrected chi connectivity index (χ1v) is 8.43. The van der Waals surface area contributed by atoms with Gasteiger partial charge in [-0.15, -0.1) is 0 Å². The van der Waals surface area contributed by atoms with Gasteiger partial charge in [0, 0.05) is 36.5 Å². The van der Waals surface area contributed by atoms with Crippen molar-refractivity contribution in [2.24, 2.45) is 5.92 Å². The van der Waals surface area contributed by atoms with E-state index in [4.69, 9.17) is 0 Å². The number of likely N-dealkylation sites (tertiary alicyclic amines) is 1. The summed E-state index contributed by atoms with van der Waals surface area (Å²) < 4.78 is 40.4. The molecule has 25 heavy (non-hydrogen) atoms. The average Bonchev–Trinajstić information content (AvgIpc) is 2.95. The van der Waals surface area contributed by atoms with Crippen LogP contribution in [0.4, 0.5) is 13.2 Å². The number of carbonyl (C=O) groups is 1. The fourth-order valence-electron chi connectivity index (χ4n) is 4.67. The van der Waals surface area contributed by atoms with E-state index in [1.54, 1.807) is 19.2 Å². The highest BCUT2D eigenvalue weighted by Crippen LogP contribution is 2.47. The normalized spacial score (nSPS) is 26.5. The summed E-state index contributed by atoms with van der Waals surface area (Å²) in [5.41, 5.74) is 1.19. The van der Waals surface area contributed by atoms with Gasteiger partial charge in [0.2, 0.25) is 5.91 Å². The highest BCUT2D eigenvalue weighted by Gasteiger charge is 2.45. The van der Waals surface area contributed by atoms with Gasteiger partial charge < -0.3 is 15.2 Å². The minimum atomic E-state index is -4.39. The molecular formula is C18H20F3N3O. The number of aromatic amines is 1. The summed E-state index contributed by atoms with van der Waals surface area (Å²) in [6, 6.07) is 5.39. The lowest BCUT2D eigenvalue weighted by molar-refractivity contribution is -0.141. The number of halogens is 3. The number of rotatable bonds is 1. The molecular weight excluding hydrogens is 331 g/mol. The van der Waals surface area contributed by atoms with Crippen LogP contribution in [0.1, 0.15) is 29.2 Å². The molecule has 1 aromatic heterocycles. The summed E-state index contributed by atoms with van der Waals surface area (Å²) in [5.74, 6) is -0.0865. The van der Waals surface area contributed by atoms with E-state index in [2.05, 4.69) is 10.3 Å². The molecule has 2 heterocycles. The number of hydrogen-bond acceptors (Lipinski definition) is 2. The number of carbonyl (C=O) groups excluding carboxylic acids is 1. The van der Waals surface area contributed by atoms with Crippen molar-refractivity contribution in [3.8, 4) is 0 Å². The van der Waals surface area contributed by atoms with E-state index < -0.39 is 11.9 Å². The Morgan fingerprint density at radius 2 is 2.12 bits per heavy atom. The number of nitrogens with zero attached hydrogens (tertiary/aromatic N) is 1. The van der Waals surface area contributed by atoms with Crippen molar-refractivity contribution in [1.82, 2.24) is 15.2 Å². The Morgan fingerprint density at radius 1 is 1.36 bits per heavy atom. The molecule has 3 atom stereocenters. The van der Waals surface area contributed by atoms with Crippen LogP contribution in [0.3, 0.4) is 0 Å². The number of amides is 1. The average molecular weight is 351 g/mol. The first kappa shape index (κ1) is 16.4. The number of hydrogen-bond donors (Lipinski definition) is 2. The van der Waals surface area contributed by atoms with E-state index in [1.165, 1.54) is 0 Å². The minimum Gasteiger partial charge on any atom is -0.359 e. The largest absolute Gasteiger partial charge is 0.431 e. The first-order chi connectivity index (χ1) is 11.8. The van der Waals surface area contributed by atoms with Gasteiger partial charge in [0.25, 0.3) is 0 Å². The van der Waals surface area contributed by atoms with Gasteiger partial charge in [-0.25, -0.2) is 0 Å². The Bertz CT molecular complexity index is 842. The zero-order valence-electron chi connectivity index (χ0n) is 14.1. The number of piperidine rings is 1. The predicted molar refractivity (Wildman–Crippen MR) is 88.3 cm³/mol. The van der Waals surface area contributed by atoms with Crippen LogP contribution in [0.15, 0.2) is 18.2 Å². The Hall–Kier alpha value is -2.02. The van der Waals surface area contributed by atoms with E-state index in [-0.39, 0.29) is 23.8 Å². The van der Waals surface area contributed by atoms with E-state index in [9.17, 15) is 18.0 Å². The monoisotopic (exact) mass is 351 g/mol. The molecule has 4 nitrogen and oxygen atoms in total. The molecule has 4 rings (SSSR count). The van der Waals surface area contributed by atoms with Crippen LogP contribution in [0.2, 0.25) is 0 Å². The SMILES string of the molecule is CNC(=O)C1CC2c3cccc4[nH]c(C(F)(F)F)c(c34)C[C@H]2N(C)C1. The zero-order chi connectivity index (χ0) is 17.9. The maximum atomic E-state index is 13.5. The second-order valence-electron chi connectivity index (χ2n) is 7.11. The lowest BCUT2D eigenvalue weighted by Crippen LogP contribution is -2.51. The van der Waals surface area contributed by atoms with Crippen LogP contribution in [0, 0.1) is 5.92 Å². The fourth-order valence-corrected chi connectivity index (χ4v) is 4.67. The number of benzene rings is 1. The molecule has 1 amide bonds. The Kier molecular flexibility index (Phi) is 3.61. The van der Waals surface area contributed by atoms with E-state index in [0.29, 0.717) is 35.9 Å². The third kappa shape index (κ3) is 2.44. The van der Waals surface area contributed by atoms with Crippen molar-refractivity contribution in [1.29, 1.82) is 0 Å². The number of alkyl halides is 3. The zero-order valence-corrected chi connectivity index (χ0v) is 14.1. The van der Waals surface area contributed by atoms with E-state index in [0.717, 1.165) is 5.56 Å². The van der Waals surface area contributed by atoms with E-state index >= 15 is 0 Å². The maximum Gasteiger partial charge on any atom is 0.431 e. The van der Waals surface area contributed by atoms with Gasteiger partial charge in [-0.05, 0) is 37.1 Å². The maximum absolute atomic E-state index is 13.5. The summed E-state index contributed by atoms with van der Waals surface area (Å²) in [7, 11) is 3.52. The predicted octanol–water partition coefficient (Wildman–Crippen LogP) is 2.89. The molecule has 0 bridgehead atoms.